The van der Waals surface area contributed by atoms with E-state index in [9.17, 15) is 13.6 Å². The first-order chi connectivity index (χ1) is 11.3. The lowest BCUT2D eigenvalue weighted by Gasteiger charge is -2.51. The molecule has 4 rings (SSSR count). The monoisotopic (exact) mass is 339 g/mol. The first-order valence-corrected chi connectivity index (χ1v) is 8.68. The van der Waals surface area contributed by atoms with Gasteiger partial charge >= 0.3 is 0 Å². The summed E-state index contributed by atoms with van der Waals surface area (Å²) in [6.07, 6.45) is 2.84. The van der Waals surface area contributed by atoms with E-state index in [1.165, 1.54) is 4.90 Å². The van der Waals surface area contributed by atoms with E-state index in [4.69, 9.17) is 4.74 Å². The van der Waals surface area contributed by atoms with Crippen molar-refractivity contribution in [2.45, 2.75) is 64.1 Å². The van der Waals surface area contributed by atoms with E-state index in [1.54, 1.807) is 0 Å². The molecule has 1 N–H and O–H groups in total. The molecule has 1 aromatic rings. The lowest BCUT2D eigenvalue weighted by Crippen LogP contribution is -2.57. The number of alkyl halides is 2. The summed E-state index contributed by atoms with van der Waals surface area (Å²) >= 11 is 0. The van der Waals surface area contributed by atoms with E-state index in [0.717, 1.165) is 30.5 Å². The quantitative estimate of drug-likeness (QED) is 0.855. The van der Waals surface area contributed by atoms with Crippen LogP contribution in [-0.4, -0.2) is 46.1 Å². The number of nitrogens with zero attached hydrogens (tertiary/aromatic N) is 2. The molecule has 1 spiro atoms. The van der Waals surface area contributed by atoms with Crippen LogP contribution in [0.4, 0.5) is 8.78 Å². The van der Waals surface area contributed by atoms with Crippen LogP contribution < -0.4 is 0 Å². The summed E-state index contributed by atoms with van der Waals surface area (Å²) in [6, 6.07) is 0. The van der Waals surface area contributed by atoms with Crippen LogP contribution in [0.1, 0.15) is 67.4 Å². The van der Waals surface area contributed by atoms with Gasteiger partial charge in [-0.2, -0.15) is 5.10 Å². The Balaban J connectivity index is 1.62. The molecule has 1 amide bonds. The van der Waals surface area contributed by atoms with Gasteiger partial charge in [0.15, 0.2) is 5.69 Å². The fraction of sp³-hybridized carbons (Fsp3) is 0.765. The highest BCUT2D eigenvalue weighted by molar-refractivity contribution is 5.94. The first kappa shape index (κ1) is 16.0. The second-order valence-corrected chi connectivity index (χ2v) is 7.80. The molecule has 1 aliphatic carbocycles. The minimum atomic E-state index is -2.81. The maximum atomic E-state index is 14.2. The predicted molar refractivity (Wildman–Crippen MR) is 83.0 cm³/mol. The van der Waals surface area contributed by atoms with Crippen LogP contribution in [0.5, 0.6) is 0 Å². The molecule has 2 atom stereocenters. The molecular formula is C17H23F2N3O2. The molecule has 0 bridgehead atoms. The average Bonchev–Trinajstić information content (AvgIpc) is 2.87. The third kappa shape index (κ3) is 2.53. The zero-order valence-corrected chi connectivity index (χ0v) is 14.1. The number of carbonyl (C=O) groups is 1. The number of amides is 1. The predicted octanol–water partition coefficient (Wildman–Crippen LogP) is 3.08. The number of H-pyrrole nitrogens is 1. The second kappa shape index (κ2) is 5.25. The Labute approximate surface area is 139 Å². The summed E-state index contributed by atoms with van der Waals surface area (Å²) < 4.78 is 34.1. The molecule has 3 aliphatic rings. The van der Waals surface area contributed by atoms with Gasteiger partial charge in [-0.3, -0.25) is 9.89 Å². The summed E-state index contributed by atoms with van der Waals surface area (Å²) in [4.78, 5) is 14.3. The molecule has 2 aliphatic heterocycles. The Bertz CT molecular complexity index is 669. The Morgan fingerprint density at radius 3 is 2.75 bits per heavy atom. The van der Waals surface area contributed by atoms with Crippen LogP contribution >= 0.6 is 0 Å². The lowest BCUT2D eigenvalue weighted by molar-refractivity contribution is -0.127. The molecule has 24 heavy (non-hydrogen) atoms. The molecule has 0 unspecified atom stereocenters. The molecule has 7 heteroatoms. The minimum absolute atomic E-state index is 0.0163. The summed E-state index contributed by atoms with van der Waals surface area (Å²) in [5, 5.41) is 7.03. The van der Waals surface area contributed by atoms with E-state index in [2.05, 4.69) is 10.2 Å². The van der Waals surface area contributed by atoms with Crippen LogP contribution in [0.2, 0.25) is 0 Å². The van der Waals surface area contributed by atoms with Crippen molar-refractivity contribution < 1.29 is 18.3 Å². The maximum absolute atomic E-state index is 14.2. The van der Waals surface area contributed by atoms with Crippen LogP contribution in [-0.2, 0) is 11.2 Å². The van der Waals surface area contributed by atoms with E-state index in [1.807, 2.05) is 13.8 Å². The van der Waals surface area contributed by atoms with Crippen molar-refractivity contribution in [2.24, 2.45) is 5.41 Å². The third-order valence-corrected chi connectivity index (χ3v) is 5.72. The maximum Gasteiger partial charge on any atom is 0.274 e. The van der Waals surface area contributed by atoms with Crippen molar-refractivity contribution in [3.8, 4) is 0 Å². The van der Waals surface area contributed by atoms with Gasteiger partial charge in [0.05, 0.1) is 24.4 Å². The number of aromatic nitrogens is 2. The number of ether oxygens (including phenoxy) is 1. The standard InChI is InChI=1S/C17H23F2N3O2/c1-10-6-12-13(11(2)24-10)20-21-14(12)15(23)22-8-16(4-3-5-16)7-17(18,19)9-22/h10-11H,3-9H2,1-2H3,(H,20,21)/t10-,11+/m1/s1. The number of aromatic amines is 1. The van der Waals surface area contributed by atoms with Crippen LogP contribution in [0.3, 0.4) is 0 Å². The molecular weight excluding hydrogens is 316 g/mol. The Kier molecular flexibility index (Phi) is 3.50. The number of fused-ring (bicyclic) bond motifs is 1. The molecule has 1 aromatic heterocycles. The SMILES string of the molecule is C[C@@H]1Cc2c(C(=O)N3CC(F)(F)CC4(CCC4)C3)n[nH]c2[C@H](C)O1. The lowest BCUT2D eigenvalue weighted by atomic mass is 9.63. The average molecular weight is 339 g/mol. The van der Waals surface area contributed by atoms with Gasteiger partial charge in [0.1, 0.15) is 0 Å². The van der Waals surface area contributed by atoms with Crippen molar-refractivity contribution in [3.05, 3.63) is 17.0 Å². The van der Waals surface area contributed by atoms with E-state index >= 15 is 0 Å². The van der Waals surface area contributed by atoms with Gasteiger partial charge < -0.3 is 9.64 Å². The van der Waals surface area contributed by atoms with E-state index in [-0.39, 0.29) is 24.5 Å². The first-order valence-electron chi connectivity index (χ1n) is 8.68. The van der Waals surface area contributed by atoms with Crippen molar-refractivity contribution in [2.75, 3.05) is 13.1 Å². The highest BCUT2D eigenvalue weighted by atomic mass is 19.3. The molecule has 5 nitrogen and oxygen atoms in total. The van der Waals surface area contributed by atoms with Crippen molar-refractivity contribution >= 4 is 5.91 Å². The third-order valence-electron chi connectivity index (χ3n) is 5.72. The number of hydrogen-bond donors (Lipinski definition) is 1. The van der Waals surface area contributed by atoms with Crippen molar-refractivity contribution in [1.29, 1.82) is 0 Å². The van der Waals surface area contributed by atoms with Gasteiger partial charge in [0.25, 0.3) is 11.8 Å². The molecule has 0 aromatic carbocycles. The van der Waals surface area contributed by atoms with Crippen molar-refractivity contribution in [1.82, 2.24) is 15.1 Å². The van der Waals surface area contributed by atoms with Gasteiger partial charge in [-0.15, -0.1) is 0 Å². The molecule has 0 radical (unpaired) electrons. The molecule has 1 saturated carbocycles. The van der Waals surface area contributed by atoms with Crippen LogP contribution in [0.25, 0.3) is 0 Å². The van der Waals surface area contributed by atoms with Crippen molar-refractivity contribution in [3.63, 3.8) is 0 Å². The minimum Gasteiger partial charge on any atom is -0.369 e. The van der Waals surface area contributed by atoms with Gasteiger partial charge in [-0.05, 0) is 32.1 Å². The normalized spacial score (nSPS) is 30.8. The number of hydrogen-bond acceptors (Lipinski definition) is 3. The molecule has 3 heterocycles. The van der Waals surface area contributed by atoms with Crippen LogP contribution in [0.15, 0.2) is 0 Å². The van der Waals surface area contributed by atoms with Gasteiger partial charge in [-0.25, -0.2) is 8.78 Å². The number of likely N-dealkylation sites (tertiary alicyclic amines) is 1. The van der Waals surface area contributed by atoms with E-state index in [0.29, 0.717) is 18.7 Å². The Morgan fingerprint density at radius 1 is 1.33 bits per heavy atom. The molecule has 1 saturated heterocycles. The molecule has 2 fully saturated rings. The second-order valence-electron chi connectivity index (χ2n) is 7.80. The molecule has 132 valence electrons. The number of nitrogens with one attached hydrogen (secondary N) is 1. The Morgan fingerprint density at radius 2 is 2.08 bits per heavy atom. The fourth-order valence-corrected chi connectivity index (χ4v) is 4.56. The highest BCUT2D eigenvalue weighted by Crippen LogP contribution is 2.51. The largest absolute Gasteiger partial charge is 0.369 e. The fourth-order valence-electron chi connectivity index (χ4n) is 4.56. The smallest absolute Gasteiger partial charge is 0.274 e. The van der Waals surface area contributed by atoms with Gasteiger partial charge in [0, 0.05) is 24.9 Å². The van der Waals surface area contributed by atoms with Gasteiger partial charge in [-0.1, -0.05) is 6.42 Å². The summed E-state index contributed by atoms with van der Waals surface area (Å²) in [7, 11) is 0. The summed E-state index contributed by atoms with van der Waals surface area (Å²) in [6.45, 7) is 3.76. The zero-order valence-electron chi connectivity index (χ0n) is 14.1. The van der Waals surface area contributed by atoms with E-state index < -0.39 is 17.9 Å². The number of piperidine rings is 1. The van der Waals surface area contributed by atoms with Crippen LogP contribution in [0, 0.1) is 5.41 Å². The summed E-state index contributed by atoms with van der Waals surface area (Å²) in [5.74, 6) is -3.19. The summed E-state index contributed by atoms with van der Waals surface area (Å²) in [5.41, 5.74) is 1.51. The number of halogens is 2. The number of rotatable bonds is 1. The zero-order chi connectivity index (χ0) is 17.1. The topological polar surface area (TPSA) is 58.2 Å². The highest BCUT2D eigenvalue weighted by Gasteiger charge is 2.53. The number of carbonyl (C=O) groups excluding carboxylic acids is 1. The Hall–Kier alpha value is -1.50. The van der Waals surface area contributed by atoms with Gasteiger partial charge in [0.2, 0.25) is 0 Å².